The third kappa shape index (κ3) is 11.7. The Morgan fingerprint density at radius 2 is 1.57 bits per heavy atom. The molecule has 1 heterocycles. The molecule has 0 aromatic heterocycles. The first kappa shape index (κ1) is 18.5. The van der Waals surface area contributed by atoms with E-state index in [1.165, 1.54) is 70.6 Å². The van der Waals surface area contributed by atoms with E-state index in [9.17, 15) is 0 Å². The van der Waals surface area contributed by atoms with Crippen LogP contribution in [0.1, 0.15) is 83.5 Å². The van der Waals surface area contributed by atoms with Gasteiger partial charge in [0.05, 0.1) is 12.2 Å². The van der Waals surface area contributed by atoms with E-state index in [4.69, 9.17) is 14.7 Å². The first-order valence-corrected chi connectivity index (χ1v) is 9.00. The largest absolute Gasteiger partial charge is 0.381 e. The zero-order valence-electron chi connectivity index (χ0n) is 13.7. The van der Waals surface area contributed by atoms with Crippen LogP contribution in [0, 0.1) is 11.3 Å². The van der Waals surface area contributed by atoms with Crippen molar-refractivity contribution in [3.63, 3.8) is 0 Å². The topological polar surface area (TPSA) is 42.2 Å². The number of hydrogen-bond acceptors (Lipinski definition) is 3. The Morgan fingerprint density at radius 3 is 2.24 bits per heavy atom. The minimum Gasteiger partial charge on any atom is -0.381 e. The maximum Gasteiger partial charge on any atom is 0.0621 e. The first-order valence-electron chi connectivity index (χ1n) is 9.00. The van der Waals surface area contributed by atoms with Gasteiger partial charge < -0.3 is 9.47 Å². The molecule has 1 aliphatic heterocycles. The molecule has 21 heavy (non-hydrogen) atoms. The van der Waals surface area contributed by atoms with Crippen LogP contribution in [0.5, 0.6) is 0 Å². The molecule has 0 aromatic rings. The second-order valence-corrected chi connectivity index (χ2v) is 6.13. The summed E-state index contributed by atoms with van der Waals surface area (Å²) >= 11 is 0. The Morgan fingerprint density at radius 1 is 0.905 bits per heavy atom. The Kier molecular flexibility index (Phi) is 12.6. The summed E-state index contributed by atoms with van der Waals surface area (Å²) in [4.78, 5) is 0. The number of nitriles is 1. The lowest BCUT2D eigenvalue weighted by Gasteiger charge is -2.08. The van der Waals surface area contributed by atoms with Gasteiger partial charge in [-0.3, -0.25) is 0 Å². The van der Waals surface area contributed by atoms with Crippen LogP contribution in [-0.4, -0.2) is 25.9 Å². The fourth-order valence-electron chi connectivity index (χ4n) is 2.84. The van der Waals surface area contributed by atoms with Gasteiger partial charge in [-0.25, -0.2) is 0 Å². The normalized spacial score (nSPS) is 18.0. The van der Waals surface area contributed by atoms with E-state index in [1.54, 1.807) is 0 Å². The summed E-state index contributed by atoms with van der Waals surface area (Å²) in [7, 11) is 0. The lowest BCUT2D eigenvalue weighted by molar-refractivity contribution is 0.0931. The Bertz CT molecular complexity index is 256. The molecule has 0 bridgehead atoms. The number of ether oxygens (including phenoxy) is 2. The van der Waals surface area contributed by atoms with Crippen LogP contribution in [0.4, 0.5) is 0 Å². The van der Waals surface area contributed by atoms with Gasteiger partial charge in [0.15, 0.2) is 0 Å². The van der Waals surface area contributed by atoms with Gasteiger partial charge in [-0.15, -0.1) is 0 Å². The smallest absolute Gasteiger partial charge is 0.0621 e. The van der Waals surface area contributed by atoms with Gasteiger partial charge in [0, 0.05) is 26.2 Å². The van der Waals surface area contributed by atoms with E-state index in [2.05, 4.69) is 6.07 Å². The maximum atomic E-state index is 8.43. The van der Waals surface area contributed by atoms with Crippen molar-refractivity contribution in [3.05, 3.63) is 0 Å². The van der Waals surface area contributed by atoms with E-state index in [-0.39, 0.29) is 0 Å². The van der Waals surface area contributed by atoms with Gasteiger partial charge in [-0.2, -0.15) is 5.26 Å². The lowest BCUT2D eigenvalue weighted by Crippen LogP contribution is -2.05. The summed E-state index contributed by atoms with van der Waals surface area (Å²) in [5.41, 5.74) is 0. The molecule has 1 fully saturated rings. The SMILES string of the molecule is N#CCCCCCCCCCOCCCCC1CCCO1. The zero-order chi connectivity index (χ0) is 15.0. The van der Waals surface area contributed by atoms with Crippen LogP contribution in [-0.2, 0) is 9.47 Å². The molecule has 1 rings (SSSR count). The lowest BCUT2D eigenvalue weighted by atomic mass is 10.1. The van der Waals surface area contributed by atoms with Gasteiger partial charge in [0.1, 0.15) is 0 Å². The monoisotopic (exact) mass is 295 g/mol. The highest BCUT2D eigenvalue weighted by molar-refractivity contribution is 4.67. The number of rotatable bonds is 14. The quantitative estimate of drug-likeness (QED) is 0.424. The fraction of sp³-hybridized carbons (Fsp3) is 0.944. The van der Waals surface area contributed by atoms with Crippen molar-refractivity contribution < 1.29 is 9.47 Å². The van der Waals surface area contributed by atoms with Gasteiger partial charge >= 0.3 is 0 Å². The number of nitrogens with zero attached hydrogens (tertiary/aromatic N) is 1. The molecule has 122 valence electrons. The molecular weight excluding hydrogens is 262 g/mol. The molecular formula is C18H33NO2. The van der Waals surface area contributed by atoms with Gasteiger partial charge in [-0.05, 0) is 44.9 Å². The van der Waals surface area contributed by atoms with Crippen LogP contribution in [0.2, 0.25) is 0 Å². The first-order chi connectivity index (χ1) is 10.4. The number of unbranched alkanes of at least 4 members (excludes halogenated alkanes) is 8. The van der Waals surface area contributed by atoms with E-state index >= 15 is 0 Å². The van der Waals surface area contributed by atoms with Crippen LogP contribution >= 0.6 is 0 Å². The highest BCUT2D eigenvalue weighted by Crippen LogP contribution is 2.17. The molecule has 0 aromatic carbocycles. The van der Waals surface area contributed by atoms with E-state index < -0.39 is 0 Å². The summed E-state index contributed by atoms with van der Waals surface area (Å²) in [6.45, 7) is 2.81. The predicted octanol–water partition coefficient (Wildman–Crippen LogP) is 5.00. The fourth-order valence-corrected chi connectivity index (χ4v) is 2.84. The molecule has 1 saturated heterocycles. The van der Waals surface area contributed by atoms with E-state index in [0.717, 1.165) is 32.7 Å². The van der Waals surface area contributed by atoms with Gasteiger partial charge in [0.2, 0.25) is 0 Å². The summed E-state index contributed by atoms with van der Waals surface area (Å²) in [5.74, 6) is 0. The minimum absolute atomic E-state index is 0.540. The summed E-state index contributed by atoms with van der Waals surface area (Å²) < 4.78 is 11.3. The molecule has 0 aliphatic carbocycles. The van der Waals surface area contributed by atoms with Crippen molar-refractivity contribution in [2.45, 2.75) is 89.6 Å². The summed E-state index contributed by atoms with van der Waals surface area (Å²) in [5, 5.41) is 8.43. The Hall–Kier alpha value is -0.590. The highest BCUT2D eigenvalue weighted by atomic mass is 16.5. The zero-order valence-corrected chi connectivity index (χ0v) is 13.7. The molecule has 0 radical (unpaired) electrons. The highest BCUT2D eigenvalue weighted by Gasteiger charge is 2.14. The van der Waals surface area contributed by atoms with Gasteiger partial charge in [0.25, 0.3) is 0 Å². The average molecular weight is 295 g/mol. The standard InChI is InChI=1S/C18H33NO2/c19-14-8-5-3-1-2-4-6-9-15-20-16-10-7-12-18-13-11-17-21-18/h18H,1-13,15-17H2. The average Bonchev–Trinajstić information content (AvgIpc) is 3.01. The van der Waals surface area contributed by atoms with Crippen molar-refractivity contribution in [1.82, 2.24) is 0 Å². The maximum absolute atomic E-state index is 8.43. The molecule has 0 saturated carbocycles. The molecule has 1 unspecified atom stereocenters. The number of hydrogen-bond donors (Lipinski definition) is 0. The molecule has 1 aliphatic rings. The molecule has 3 nitrogen and oxygen atoms in total. The van der Waals surface area contributed by atoms with Crippen LogP contribution in [0.25, 0.3) is 0 Å². The van der Waals surface area contributed by atoms with E-state index in [1.807, 2.05) is 0 Å². The molecule has 1 atom stereocenters. The second kappa shape index (κ2) is 14.4. The second-order valence-electron chi connectivity index (χ2n) is 6.13. The molecule has 0 spiro atoms. The van der Waals surface area contributed by atoms with Crippen molar-refractivity contribution in [2.75, 3.05) is 19.8 Å². The molecule has 3 heteroatoms. The van der Waals surface area contributed by atoms with Gasteiger partial charge in [-0.1, -0.05) is 32.1 Å². The molecule has 0 N–H and O–H groups in total. The molecule has 0 amide bonds. The van der Waals surface area contributed by atoms with Crippen LogP contribution in [0.15, 0.2) is 0 Å². The Labute approximate surface area is 131 Å². The summed E-state index contributed by atoms with van der Waals surface area (Å²) in [6, 6.07) is 2.20. The van der Waals surface area contributed by atoms with Crippen molar-refractivity contribution >= 4 is 0 Å². The third-order valence-electron chi connectivity index (χ3n) is 4.17. The van der Waals surface area contributed by atoms with Crippen molar-refractivity contribution in [2.24, 2.45) is 0 Å². The third-order valence-corrected chi connectivity index (χ3v) is 4.17. The van der Waals surface area contributed by atoms with E-state index in [0.29, 0.717) is 6.10 Å². The minimum atomic E-state index is 0.540. The Balaban J connectivity index is 1.66. The summed E-state index contributed by atoms with van der Waals surface area (Å²) in [6.07, 6.45) is 16.1. The van der Waals surface area contributed by atoms with Crippen molar-refractivity contribution in [3.8, 4) is 6.07 Å². The van der Waals surface area contributed by atoms with Crippen LogP contribution < -0.4 is 0 Å². The van der Waals surface area contributed by atoms with Crippen LogP contribution in [0.3, 0.4) is 0 Å². The predicted molar refractivity (Wildman–Crippen MR) is 86.2 cm³/mol. The van der Waals surface area contributed by atoms with Crippen molar-refractivity contribution in [1.29, 1.82) is 5.26 Å².